The van der Waals surface area contributed by atoms with E-state index in [1.54, 1.807) is 12.1 Å². The lowest BCUT2D eigenvalue weighted by atomic mass is 10.2. The van der Waals surface area contributed by atoms with Crippen molar-refractivity contribution >= 4 is 39.1 Å². The SMILES string of the molecule is O=C(Nc1cc(Cl)ccc1Br)c1cc(F)ccc1F. The van der Waals surface area contributed by atoms with Crippen molar-refractivity contribution < 1.29 is 13.6 Å². The molecular formula is C13H7BrClF2NO. The van der Waals surface area contributed by atoms with Crippen LogP contribution >= 0.6 is 27.5 Å². The maximum absolute atomic E-state index is 13.4. The van der Waals surface area contributed by atoms with Gasteiger partial charge in [0.2, 0.25) is 0 Å². The van der Waals surface area contributed by atoms with Crippen molar-refractivity contribution in [3.63, 3.8) is 0 Å². The molecule has 2 rings (SSSR count). The number of halogens is 4. The van der Waals surface area contributed by atoms with Crippen molar-refractivity contribution in [1.29, 1.82) is 0 Å². The molecule has 19 heavy (non-hydrogen) atoms. The Morgan fingerprint density at radius 2 is 1.89 bits per heavy atom. The third-order valence-electron chi connectivity index (χ3n) is 2.35. The van der Waals surface area contributed by atoms with E-state index < -0.39 is 17.5 Å². The molecule has 0 radical (unpaired) electrons. The van der Waals surface area contributed by atoms with Crippen molar-refractivity contribution in [3.8, 4) is 0 Å². The molecule has 0 saturated heterocycles. The van der Waals surface area contributed by atoms with Gasteiger partial charge in [-0.15, -0.1) is 0 Å². The Bertz CT molecular complexity index is 649. The molecule has 2 aromatic carbocycles. The monoisotopic (exact) mass is 345 g/mol. The van der Waals surface area contributed by atoms with Gasteiger partial charge in [0.05, 0.1) is 11.3 Å². The number of carbonyl (C=O) groups excluding carboxylic acids is 1. The van der Waals surface area contributed by atoms with Crippen molar-refractivity contribution in [2.45, 2.75) is 0 Å². The molecule has 0 saturated carbocycles. The number of carbonyl (C=O) groups is 1. The fourth-order valence-electron chi connectivity index (χ4n) is 1.45. The maximum Gasteiger partial charge on any atom is 0.258 e. The molecule has 0 aliphatic heterocycles. The normalized spacial score (nSPS) is 10.3. The van der Waals surface area contributed by atoms with Gasteiger partial charge >= 0.3 is 0 Å². The minimum absolute atomic E-state index is 0.369. The van der Waals surface area contributed by atoms with Gasteiger partial charge in [-0.1, -0.05) is 11.6 Å². The number of amides is 1. The van der Waals surface area contributed by atoms with Gasteiger partial charge in [-0.25, -0.2) is 8.78 Å². The van der Waals surface area contributed by atoms with Gasteiger partial charge in [0, 0.05) is 9.50 Å². The van der Waals surface area contributed by atoms with Crippen LogP contribution in [0.2, 0.25) is 5.02 Å². The molecule has 1 amide bonds. The Morgan fingerprint density at radius 3 is 2.63 bits per heavy atom. The van der Waals surface area contributed by atoms with Gasteiger partial charge in [-0.3, -0.25) is 4.79 Å². The molecule has 2 nitrogen and oxygen atoms in total. The maximum atomic E-state index is 13.4. The summed E-state index contributed by atoms with van der Waals surface area (Å²) in [6.45, 7) is 0. The Kier molecular flexibility index (Phi) is 4.17. The lowest BCUT2D eigenvalue weighted by molar-refractivity contribution is 0.102. The van der Waals surface area contributed by atoms with Crippen LogP contribution in [0, 0.1) is 11.6 Å². The summed E-state index contributed by atoms with van der Waals surface area (Å²) in [6, 6.07) is 7.45. The van der Waals surface area contributed by atoms with Crippen molar-refractivity contribution in [2.24, 2.45) is 0 Å². The van der Waals surface area contributed by atoms with E-state index >= 15 is 0 Å². The average Bonchev–Trinajstić information content (AvgIpc) is 2.36. The first-order chi connectivity index (χ1) is 8.97. The Labute approximate surface area is 121 Å². The zero-order valence-corrected chi connectivity index (χ0v) is 11.7. The van der Waals surface area contributed by atoms with Crippen LogP contribution in [0.1, 0.15) is 10.4 Å². The van der Waals surface area contributed by atoms with E-state index in [1.165, 1.54) is 6.07 Å². The smallest absolute Gasteiger partial charge is 0.258 e. The second-order valence-electron chi connectivity index (χ2n) is 3.70. The first kappa shape index (κ1) is 14.0. The molecule has 0 fully saturated rings. The van der Waals surface area contributed by atoms with E-state index in [9.17, 15) is 13.6 Å². The second-order valence-corrected chi connectivity index (χ2v) is 4.99. The zero-order chi connectivity index (χ0) is 14.0. The van der Waals surface area contributed by atoms with E-state index in [4.69, 9.17) is 11.6 Å². The van der Waals surface area contributed by atoms with Crippen LogP contribution in [-0.2, 0) is 0 Å². The summed E-state index contributed by atoms with van der Waals surface area (Å²) in [5.41, 5.74) is 0.00744. The van der Waals surface area contributed by atoms with Crippen LogP contribution in [0.3, 0.4) is 0 Å². The molecule has 0 spiro atoms. The fourth-order valence-corrected chi connectivity index (χ4v) is 1.97. The highest BCUT2D eigenvalue weighted by Gasteiger charge is 2.14. The van der Waals surface area contributed by atoms with Crippen LogP contribution in [0.25, 0.3) is 0 Å². The van der Waals surface area contributed by atoms with E-state index in [1.807, 2.05) is 0 Å². The molecule has 0 bridgehead atoms. The topological polar surface area (TPSA) is 29.1 Å². The van der Waals surface area contributed by atoms with Crippen LogP contribution in [0.15, 0.2) is 40.9 Å². The molecule has 0 aromatic heterocycles. The number of hydrogen-bond donors (Lipinski definition) is 1. The molecule has 0 aliphatic carbocycles. The molecule has 98 valence electrons. The number of nitrogens with one attached hydrogen (secondary N) is 1. The summed E-state index contributed by atoms with van der Waals surface area (Å²) in [7, 11) is 0. The quantitative estimate of drug-likeness (QED) is 0.844. The minimum atomic E-state index is -0.794. The summed E-state index contributed by atoms with van der Waals surface area (Å²) < 4.78 is 27.0. The first-order valence-corrected chi connectivity index (χ1v) is 6.36. The lowest BCUT2D eigenvalue weighted by Crippen LogP contribution is -2.14. The standard InChI is InChI=1S/C13H7BrClF2NO/c14-10-3-1-7(15)5-12(10)18-13(19)9-6-8(16)2-4-11(9)17/h1-6H,(H,18,19). The number of hydrogen-bond acceptors (Lipinski definition) is 1. The lowest BCUT2D eigenvalue weighted by Gasteiger charge is -2.08. The van der Waals surface area contributed by atoms with E-state index in [0.717, 1.165) is 18.2 Å². The van der Waals surface area contributed by atoms with Gasteiger partial charge in [0.25, 0.3) is 5.91 Å². The predicted octanol–water partition coefficient (Wildman–Crippen LogP) is 4.63. The Morgan fingerprint density at radius 1 is 1.16 bits per heavy atom. The molecule has 0 heterocycles. The van der Waals surface area contributed by atoms with Gasteiger partial charge in [-0.2, -0.15) is 0 Å². The van der Waals surface area contributed by atoms with Crippen molar-refractivity contribution in [2.75, 3.05) is 5.32 Å². The predicted molar refractivity (Wildman–Crippen MR) is 73.5 cm³/mol. The fraction of sp³-hybridized carbons (Fsp3) is 0. The van der Waals surface area contributed by atoms with E-state index in [0.29, 0.717) is 15.2 Å². The average molecular weight is 347 g/mol. The van der Waals surface area contributed by atoms with Crippen molar-refractivity contribution in [1.82, 2.24) is 0 Å². The van der Waals surface area contributed by atoms with Crippen molar-refractivity contribution in [3.05, 3.63) is 63.1 Å². The van der Waals surface area contributed by atoms with Gasteiger partial charge in [0.1, 0.15) is 11.6 Å². The third kappa shape index (κ3) is 3.30. The summed E-state index contributed by atoms with van der Waals surface area (Å²) in [6.07, 6.45) is 0. The van der Waals surface area contributed by atoms with Gasteiger partial charge < -0.3 is 5.32 Å². The molecule has 1 N–H and O–H groups in total. The molecular weight excluding hydrogens is 340 g/mol. The summed E-state index contributed by atoms with van der Waals surface area (Å²) in [4.78, 5) is 11.9. The van der Waals surface area contributed by atoms with E-state index in [2.05, 4.69) is 21.2 Å². The highest BCUT2D eigenvalue weighted by Crippen LogP contribution is 2.26. The zero-order valence-electron chi connectivity index (χ0n) is 9.38. The largest absolute Gasteiger partial charge is 0.321 e. The number of rotatable bonds is 2. The summed E-state index contributed by atoms with van der Waals surface area (Å²) in [5.74, 6) is -2.23. The third-order valence-corrected chi connectivity index (χ3v) is 3.28. The van der Waals surface area contributed by atoms with E-state index in [-0.39, 0.29) is 5.56 Å². The Balaban J connectivity index is 2.30. The van der Waals surface area contributed by atoms with Crippen LogP contribution < -0.4 is 5.32 Å². The highest BCUT2D eigenvalue weighted by atomic mass is 79.9. The number of benzene rings is 2. The molecule has 2 aromatic rings. The van der Waals surface area contributed by atoms with Crippen LogP contribution in [-0.4, -0.2) is 5.91 Å². The highest BCUT2D eigenvalue weighted by molar-refractivity contribution is 9.10. The van der Waals surface area contributed by atoms with Crippen LogP contribution in [0.4, 0.5) is 14.5 Å². The Hall–Kier alpha value is -1.46. The van der Waals surface area contributed by atoms with Gasteiger partial charge in [0.15, 0.2) is 0 Å². The first-order valence-electron chi connectivity index (χ1n) is 5.19. The van der Waals surface area contributed by atoms with Gasteiger partial charge in [-0.05, 0) is 52.3 Å². The minimum Gasteiger partial charge on any atom is -0.321 e. The molecule has 0 atom stereocenters. The molecule has 6 heteroatoms. The number of anilines is 1. The molecule has 0 unspecified atom stereocenters. The van der Waals surface area contributed by atoms with Crippen LogP contribution in [0.5, 0.6) is 0 Å². The summed E-state index contributed by atoms with van der Waals surface area (Å²) >= 11 is 9.02. The second kappa shape index (κ2) is 5.67. The molecule has 0 aliphatic rings. The summed E-state index contributed by atoms with van der Waals surface area (Å²) in [5, 5.41) is 2.87.